The molecular weight excluding hydrogens is 368 g/mol. The number of anilines is 1. The van der Waals surface area contributed by atoms with Gasteiger partial charge in [0.1, 0.15) is 11.4 Å². The minimum Gasteiger partial charge on any atom is -0.444 e. The van der Waals surface area contributed by atoms with Crippen LogP contribution >= 0.6 is 0 Å². The number of amides is 1. The number of esters is 1. The second kappa shape index (κ2) is 10.0. The van der Waals surface area contributed by atoms with Crippen molar-refractivity contribution in [3.63, 3.8) is 0 Å². The number of nitrogens with one attached hydrogen (secondary N) is 1. The molecule has 1 aromatic carbocycles. The average molecular weight is 399 g/mol. The first-order valence-electron chi connectivity index (χ1n) is 9.87. The van der Waals surface area contributed by atoms with E-state index in [1.807, 2.05) is 18.2 Å². The van der Waals surface area contributed by atoms with E-state index in [0.717, 1.165) is 31.6 Å². The predicted molar refractivity (Wildman–Crippen MR) is 114 cm³/mol. The summed E-state index contributed by atoms with van der Waals surface area (Å²) in [7, 11) is 0. The Morgan fingerprint density at radius 1 is 1.38 bits per heavy atom. The average Bonchev–Trinajstić information content (AvgIpc) is 2.60. The molecule has 29 heavy (non-hydrogen) atoms. The molecule has 6 nitrogen and oxygen atoms in total. The Balaban J connectivity index is 1.89. The molecule has 1 atom stereocenters. The molecular formula is C23H30N2O4. The van der Waals surface area contributed by atoms with E-state index in [-0.39, 0.29) is 6.04 Å². The summed E-state index contributed by atoms with van der Waals surface area (Å²) in [5.41, 5.74) is 1.76. The van der Waals surface area contributed by atoms with E-state index in [0.29, 0.717) is 12.2 Å². The van der Waals surface area contributed by atoms with Gasteiger partial charge in [-0.3, -0.25) is 0 Å². The van der Waals surface area contributed by atoms with E-state index < -0.39 is 17.7 Å². The van der Waals surface area contributed by atoms with Gasteiger partial charge in [0.05, 0.1) is 0 Å². The summed E-state index contributed by atoms with van der Waals surface area (Å²) in [6, 6.07) is 5.42. The molecule has 1 amide bonds. The van der Waals surface area contributed by atoms with Gasteiger partial charge in [-0.2, -0.15) is 0 Å². The molecule has 2 rings (SSSR count). The largest absolute Gasteiger partial charge is 0.444 e. The summed E-state index contributed by atoms with van der Waals surface area (Å²) in [6.07, 6.45) is 3.78. The topological polar surface area (TPSA) is 67.9 Å². The Bertz CT molecular complexity index is 814. The highest BCUT2D eigenvalue weighted by Crippen LogP contribution is 2.30. The van der Waals surface area contributed by atoms with Crippen molar-refractivity contribution in [1.29, 1.82) is 0 Å². The summed E-state index contributed by atoms with van der Waals surface area (Å²) < 4.78 is 10.5. The van der Waals surface area contributed by atoms with Crippen LogP contribution in [-0.2, 0) is 16.0 Å². The Morgan fingerprint density at radius 3 is 2.83 bits per heavy atom. The number of carbonyl (C=O) groups excluding carboxylic acids is 2. The van der Waals surface area contributed by atoms with Gasteiger partial charge in [0.15, 0.2) is 0 Å². The van der Waals surface area contributed by atoms with Crippen LogP contribution in [-0.4, -0.2) is 36.8 Å². The first kappa shape index (κ1) is 22.4. The molecule has 0 radical (unpaired) electrons. The van der Waals surface area contributed by atoms with Gasteiger partial charge in [0.25, 0.3) is 0 Å². The Kier molecular flexibility index (Phi) is 7.72. The van der Waals surface area contributed by atoms with Crippen molar-refractivity contribution in [2.75, 3.05) is 18.0 Å². The van der Waals surface area contributed by atoms with Crippen LogP contribution in [0.2, 0.25) is 0 Å². The summed E-state index contributed by atoms with van der Waals surface area (Å²) in [6.45, 7) is 12.7. The number of alkyl carbamates (subject to hydrolysis) is 1. The third-order valence-electron chi connectivity index (χ3n) is 4.19. The normalized spacial score (nSPS) is 14.0. The molecule has 0 aromatic heterocycles. The monoisotopic (exact) mass is 398 g/mol. The van der Waals surface area contributed by atoms with Crippen molar-refractivity contribution in [2.45, 2.75) is 58.6 Å². The first-order chi connectivity index (χ1) is 13.7. The maximum atomic E-state index is 12.0. The summed E-state index contributed by atoms with van der Waals surface area (Å²) in [5.74, 6) is 5.06. The Morgan fingerprint density at radius 2 is 2.14 bits per heavy atom. The van der Waals surface area contributed by atoms with Crippen molar-refractivity contribution in [2.24, 2.45) is 0 Å². The number of fused-ring (bicyclic) bond motifs is 1. The second-order valence-corrected chi connectivity index (χ2v) is 8.07. The molecule has 1 aromatic rings. The zero-order valence-corrected chi connectivity index (χ0v) is 17.7. The van der Waals surface area contributed by atoms with Crippen LogP contribution in [0.4, 0.5) is 10.5 Å². The molecule has 1 unspecified atom stereocenters. The quantitative estimate of drug-likeness (QED) is 0.268. The van der Waals surface area contributed by atoms with Crippen molar-refractivity contribution < 1.29 is 19.1 Å². The van der Waals surface area contributed by atoms with Gasteiger partial charge in [0, 0.05) is 43.2 Å². The fourth-order valence-corrected chi connectivity index (χ4v) is 3.01. The standard InChI is InChI=1S/C23H30N2O4/c1-6-14-25-15-8-10-18-12-13-19(16-20(18)25)28-21(26)11-7-9-17(2)24-22(27)29-23(3,4)5/h6,12-13,16-17H,1,8-10,14-15H2,2-5H3,(H,24,27). The van der Waals surface area contributed by atoms with Gasteiger partial charge in [0.2, 0.25) is 0 Å². The summed E-state index contributed by atoms with van der Waals surface area (Å²) >= 11 is 0. The highest BCUT2D eigenvalue weighted by Gasteiger charge is 2.18. The van der Waals surface area contributed by atoms with Crippen LogP contribution in [0.25, 0.3) is 0 Å². The Hall–Kier alpha value is -2.94. The van der Waals surface area contributed by atoms with Gasteiger partial charge >= 0.3 is 12.1 Å². The van der Waals surface area contributed by atoms with Crippen LogP contribution in [0.1, 0.15) is 46.1 Å². The number of nitrogens with zero attached hydrogens (tertiary/aromatic N) is 1. The summed E-state index contributed by atoms with van der Waals surface area (Å²) in [4.78, 5) is 26.0. The highest BCUT2D eigenvalue weighted by molar-refractivity contribution is 5.90. The molecule has 1 aliphatic heterocycles. The lowest BCUT2D eigenvalue weighted by molar-refractivity contribution is -0.128. The van der Waals surface area contributed by atoms with Gasteiger partial charge in [-0.1, -0.05) is 18.1 Å². The SMILES string of the molecule is C=CCN1CCCc2ccc(OC(=O)C#CCC(C)NC(=O)OC(C)(C)C)cc21. The third kappa shape index (κ3) is 7.53. The van der Waals surface area contributed by atoms with Crippen LogP contribution in [0.5, 0.6) is 5.75 Å². The molecule has 1 heterocycles. The fourth-order valence-electron chi connectivity index (χ4n) is 3.01. The van der Waals surface area contributed by atoms with Crippen LogP contribution in [0.15, 0.2) is 30.9 Å². The molecule has 0 saturated carbocycles. The number of ether oxygens (including phenoxy) is 2. The van der Waals surface area contributed by atoms with Crippen LogP contribution < -0.4 is 15.0 Å². The molecule has 6 heteroatoms. The lowest BCUT2D eigenvalue weighted by Crippen LogP contribution is -2.37. The molecule has 0 fully saturated rings. The van der Waals surface area contributed by atoms with E-state index >= 15 is 0 Å². The number of aryl methyl sites for hydroxylation is 1. The van der Waals surface area contributed by atoms with E-state index in [1.165, 1.54) is 5.56 Å². The zero-order valence-electron chi connectivity index (χ0n) is 17.7. The highest BCUT2D eigenvalue weighted by atomic mass is 16.6. The minimum atomic E-state index is -0.625. The van der Waals surface area contributed by atoms with Gasteiger partial charge in [-0.05, 0) is 52.2 Å². The van der Waals surface area contributed by atoms with Gasteiger partial charge < -0.3 is 19.7 Å². The lowest BCUT2D eigenvalue weighted by atomic mass is 10.0. The van der Waals surface area contributed by atoms with Gasteiger partial charge in [-0.15, -0.1) is 6.58 Å². The predicted octanol–water partition coefficient (Wildman–Crippen LogP) is 3.84. The van der Waals surface area contributed by atoms with Crippen molar-refractivity contribution >= 4 is 17.7 Å². The molecule has 0 bridgehead atoms. The van der Waals surface area contributed by atoms with E-state index in [2.05, 4.69) is 28.6 Å². The zero-order chi connectivity index (χ0) is 21.4. The molecule has 0 aliphatic carbocycles. The number of benzene rings is 1. The van der Waals surface area contributed by atoms with Crippen molar-refractivity contribution in [1.82, 2.24) is 5.32 Å². The minimum absolute atomic E-state index is 0.249. The number of carbonyl (C=O) groups is 2. The molecule has 156 valence electrons. The molecule has 0 saturated heterocycles. The second-order valence-electron chi connectivity index (χ2n) is 8.07. The number of hydrogen-bond acceptors (Lipinski definition) is 5. The maximum absolute atomic E-state index is 12.0. The first-order valence-corrected chi connectivity index (χ1v) is 9.87. The molecule has 1 N–H and O–H groups in total. The summed E-state index contributed by atoms with van der Waals surface area (Å²) in [5, 5.41) is 2.68. The van der Waals surface area contributed by atoms with Crippen molar-refractivity contribution in [3.8, 4) is 17.6 Å². The Labute approximate surface area is 173 Å². The number of rotatable bonds is 5. The van der Waals surface area contributed by atoms with E-state index in [4.69, 9.17) is 9.47 Å². The van der Waals surface area contributed by atoms with E-state index in [1.54, 1.807) is 33.8 Å². The van der Waals surface area contributed by atoms with E-state index in [9.17, 15) is 9.59 Å². The third-order valence-corrected chi connectivity index (χ3v) is 4.19. The lowest BCUT2D eigenvalue weighted by Gasteiger charge is -2.30. The smallest absolute Gasteiger partial charge is 0.407 e. The molecule has 0 spiro atoms. The van der Waals surface area contributed by atoms with Crippen LogP contribution in [0.3, 0.4) is 0 Å². The van der Waals surface area contributed by atoms with Crippen LogP contribution in [0, 0.1) is 11.8 Å². The molecule has 1 aliphatic rings. The van der Waals surface area contributed by atoms with Gasteiger partial charge in [-0.25, -0.2) is 9.59 Å². The number of hydrogen-bond donors (Lipinski definition) is 1. The maximum Gasteiger partial charge on any atom is 0.407 e. The fraction of sp³-hybridized carbons (Fsp3) is 0.478. The van der Waals surface area contributed by atoms with Crippen molar-refractivity contribution in [3.05, 3.63) is 36.4 Å².